The summed E-state index contributed by atoms with van der Waals surface area (Å²) in [6.45, 7) is 5.41. The summed E-state index contributed by atoms with van der Waals surface area (Å²) >= 11 is 0. The van der Waals surface area contributed by atoms with Crippen molar-refractivity contribution in [3.05, 3.63) is 35.9 Å². The molecule has 6 atom stereocenters. The van der Waals surface area contributed by atoms with Crippen LogP contribution in [-0.2, 0) is 13.8 Å². The molecule has 0 amide bonds. The third kappa shape index (κ3) is 3.08. The second-order valence-corrected chi connectivity index (χ2v) is 8.23. The maximum absolute atomic E-state index is 6.46. The van der Waals surface area contributed by atoms with E-state index in [4.69, 9.17) is 13.8 Å². The molecule has 1 aromatic rings. The Bertz CT molecular complexity index is 528. The van der Waals surface area contributed by atoms with Crippen molar-refractivity contribution < 1.29 is 13.8 Å². The van der Waals surface area contributed by atoms with Crippen LogP contribution in [0, 0.1) is 0 Å². The van der Waals surface area contributed by atoms with Gasteiger partial charge >= 0.3 is 0 Å². The summed E-state index contributed by atoms with van der Waals surface area (Å²) in [6, 6.07) is 11.1. The Hall–Kier alpha value is -0.510. The van der Waals surface area contributed by atoms with Gasteiger partial charge in [0.1, 0.15) is 6.10 Å². The van der Waals surface area contributed by atoms with Crippen molar-refractivity contribution in [1.82, 2.24) is 4.67 Å². The number of benzene rings is 1. The van der Waals surface area contributed by atoms with Gasteiger partial charge in [0.2, 0.25) is 0 Å². The summed E-state index contributed by atoms with van der Waals surface area (Å²) < 4.78 is 21.3. The SMILES string of the molecule is CC[C@H]1O[C@@H](C)CC1O[P@]1O[C@H](c2ccccc2)[C@@H]2CCCN21. The third-order valence-corrected chi connectivity index (χ3v) is 6.95. The monoisotopic (exact) mass is 335 g/mol. The highest BCUT2D eigenvalue weighted by atomic mass is 31.2. The van der Waals surface area contributed by atoms with Gasteiger partial charge in [-0.3, -0.25) is 0 Å². The van der Waals surface area contributed by atoms with E-state index in [1.54, 1.807) is 0 Å². The summed E-state index contributed by atoms with van der Waals surface area (Å²) in [5, 5.41) is 0. The molecule has 23 heavy (non-hydrogen) atoms. The van der Waals surface area contributed by atoms with E-state index >= 15 is 0 Å². The minimum absolute atomic E-state index is 0.157. The van der Waals surface area contributed by atoms with Crippen LogP contribution in [0.1, 0.15) is 51.2 Å². The van der Waals surface area contributed by atoms with Gasteiger partial charge in [-0.15, -0.1) is 0 Å². The first-order valence-electron chi connectivity index (χ1n) is 8.87. The van der Waals surface area contributed by atoms with Gasteiger partial charge in [-0.25, -0.2) is 4.67 Å². The van der Waals surface area contributed by atoms with Crippen LogP contribution in [0.25, 0.3) is 0 Å². The van der Waals surface area contributed by atoms with Crippen LogP contribution in [0.15, 0.2) is 30.3 Å². The number of hydrogen-bond acceptors (Lipinski definition) is 4. The maximum Gasteiger partial charge on any atom is 0.260 e. The van der Waals surface area contributed by atoms with Crippen LogP contribution in [-0.4, -0.2) is 35.6 Å². The smallest absolute Gasteiger partial charge is 0.260 e. The maximum atomic E-state index is 6.46. The molecule has 0 bridgehead atoms. The fourth-order valence-electron chi connectivity index (χ4n) is 4.03. The number of nitrogens with zero attached hydrogens (tertiary/aromatic N) is 1. The van der Waals surface area contributed by atoms with Crippen LogP contribution < -0.4 is 0 Å². The van der Waals surface area contributed by atoms with E-state index in [1.807, 2.05) is 0 Å². The summed E-state index contributed by atoms with van der Waals surface area (Å²) in [6.07, 6.45) is 5.28. The molecule has 0 aromatic heterocycles. The van der Waals surface area contributed by atoms with Crippen LogP contribution in [0.3, 0.4) is 0 Å². The van der Waals surface area contributed by atoms with E-state index < -0.39 is 8.53 Å². The molecule has 3 saturated heterocycles. The summed E-state index contributed by atoms with van der Waals surface area (Å²) in [4.78, 5) is 0. The Morgan fingerprint density at radius 1 is 1.30 bits per heavy atom. The zero-order valence-corrected chi connectivity index (χ0v) is 14.8. The third-order valence-electron chi connectivity index (χ3n) is 5.17. The lowest BCUT2D eigenvalue weighted by Gasteiger charge is -2.25. The molecule has 1 aromatic carbocycles. The van der Waals surface area contributed by atoms with E-state index in [0.717, 1.165) is 19.4 Å². The quantitative estimate of drug-likeness (QED) is 0.762. The largest absolute Gasteiger partial charge is 0.372 e. The molecule has 4 nitrogen and oxygen atoms in total. The van der Waals surface area contributed by atoms with Crippen molar-refractivity contribution >= 4 is 8.53 Å². The van der Waals surface area contributed by atoms with Crippen molar-refractivity contribution in [3.8, 4) is 0 Å². The molecular weight excluding hydrogens is 309 g/mol. The number of rotatable bonds is 4. The van der Waals surface area contributed by atoms with Gasteiger partial charge in [0.15, 0.2) is 0 Å². The number of fused-ring (bicyclic) bond motifs is 1. The van der Waals surface area contributed by atoms with Gasteiger partial charge < -0.3 is 13.8 Å². The zero-order chi connectivity index (χ0) is 15.8. The second kappa shape index (κ2) is 6.78. The predicted molar refractivity (Wildman–Crippen MR) is 91.0 cm³/mol. The molecule has 3 aliphatic rings. The standard InChI is InChI=1S/C18H26NO3P/c1-3-16-17(12-13(2)20-16)21-23-19-11-7-10-15(19)18(22-23)14-8-5-4-6-9-14/h4-6,8-9,13,15-18H,3,7,10-12H2,1-2H3/t13-,15-,16+,17?,18+,23+/m0/s1. The highest BCUT2D eigenvalue weighted by Crippen LogP contribution is 2.61. The average Bonchev–Trinajstić information content (AvgIpc) is 3.25. The Balaban J connectivity index is 1.49. The first-order chi connectivity index (χ1) is 11.3. The Kier molecular flexibility index (Phi) is 4.71. The number of hydrogen-bond donors (Lipinski definition) is 0. The van der Waals surface area contributed by atoms with Crippen molar-refractivity contribution in [2.75, 3.05) is 6.54 Å². The topological polar surface area (TPSA) is 30.9 Å². The van der Waals surface area contributed by atoms with Gasteiger partial charge in [-0.2, -0.15) is 0 Å². The summed E-state index contributed by atoms with van der Waals surface area (Å²) in [5.74, 6) is 0. The van der Waals surface area contributed by atoms with Crippen molar-refractivity contribution in [3.63, 3.8) is 0 Å². The fourth-order valence-corrected chi connectivity index (χ4v) is 6.02. The van der Waals surface area contributed by atoms with Gasteiger partial charge in [-0.1, -0.05) is 37.3 Å². The average molecular weight is 335 g/mol. The van der Waals surface area contributed by atoms with Crippen LogP contribution in [0.2, 0.25) is 0 Å². The van der Waals surface area contributed by atoms with E-state index in [9.17, 15) is 0 Å². The van der Waals surface area contributed by atoms with E-state index in [0.29, 0.717) is 12.1 Å². The van der Waals surface area contributed by atoms with Crippen molar-refractivity contribution in [1.29, 1.82) is 0 Å². The minimum Gasteiger partial charge on any atom is -0.372 e. The molecule has 126 valence electrons. The summed E-state index contributed by atoms with van der Waals surface area (Å²) in [7, 11) is -0.958. The highest BCUT2D eigenvalue weighted by Gasteiger charge is 2.49. The van der Waals surface area contributed by atoms with Gasteiger partial charge in [0, 0.05) is 19.0 Å². The van der Waals surface area contributed by atoms with Crippen LogP contribution in [0.5, 0.6) is 0 Å². The molecule has 5 heteroatoms. The van der Waals surface area contributed by atoms with Crippen LogP contribution in [0.4, 0.5) is 0 Å². The zero-order valence-electron chi connectivity index (χ0n) is 13.9. The molecule has 0 N–H and O–H groups in total. The first-order valence-corrected chi connectivity index (χ1v) is 10.00. The molecule has 0 radical (unpaired) electrons. The normalized spacial score (nSPS) is 40.6. The van der Waals surface area contributed by atoms with Crippen molar-refractivity contribution in [2.45, 2.75) is 70.0 Å². The van der Waals surface area contributed by atoms with Gasteiger partial charge in [0.05, 0.1) is 18.3 Å². The Morgan fingerprint density at radius 2 is 2.13 bits per heavy atom. The lowest BCUT2D eigenvalue weighted by atomic mass is 10.0. The lowest BCUT2D eigenvalue weighted by Crippen LogP contribution is -2.26. The van der Waals surface area contributed by atoms with Crippen molar-refractivity contribution in [2.24, 2.45) is 0 Å². The molecule has 3 heterocycles. The molecule has 1 unspecified atom stereocenters. The molecule has 0 spiro atoms. The molecule has 3 fully saturated rings. The minimum atomic E-state index is -0.958. The Morgan fingerprint density at radius 3 is 2.91 bits per heavy atom. The molecule has 4 rings (SSSR count). The number of ether oxygens (including phenoxy) is 1. The van der Waals surface area contributed by atoms with E-state index in [-0.39, 0.29) is 18.3 Å². The van der Waals surface area contributed by atoms with Gasteiger partial charge in [-0.05, 0) is 31.7 Å². The molecular formula is C18H26NO3P. The fraction of sp³-hybridized carbons (Fsp3) is 0.667. The molecule has 0 aliphatic carbocycles. The summed E-state index contributed by atoms with van der Waals surface area (Å²) in [5.41, 5.74) is 1.28. The van der Waals surface area contributed by atoms with Crippen LogP contribution >= 0.6 is 8.53 Å². The highest BCUT2D eigenvalue weighted by molar-refractivity contribution is 7.44. The predicted octanol–water partition coefficient (Wildman–Crippen LogP) is 4.42. The molecule has 3 aliphatic heterocycles. The van der Waals surface area contributed by atoms with E-state index in [1.165, 1.54) is 18.4 Å². The Labute approximate surface area is 140 Å². The second-order valence-electron chi connectivity index (χ2n) is 6.82. The first kappa shape index (κ1) is 16.0. The lowest BCUT2D eigenvalue weighted by molar-refractivity contribution is 0.0193. The van der Waals surface area contributed by atoms with E-state index in [2.05, 4.69) is 48.8 Å². The molecule has 0 saturated carbocycles. The van der Waals surface area contributed by atoms with Gasteiger partial charge in [0.25, 0.3) is 8.53 Å².